The number of hydrogen-bond donors (Lipinski definition) is 2. The van der Waals surface area contributed by atoms with Crippen LogP contribution in [0.4, 0.5) is 0 Å². The Morgan fingerprint density at radius 1 is 1.53 bits per heavy atom. The summed E-state index contributed by atoms with van der Waals surface area (Å²) in [7, 11) is 0. The Hall–Kier alpha value is -0.870. The second-order valence-electron chi connectivity index (χ2n) is 4.04. The number of aliphatic hydroxyl groups excluding tert-OH is 1. The molecule has 1 aromatic heterocycles. The molecule has 0 radical (unpaired) electrons. The van der Waals surface area contributed by atoms with Crippen molar-refractivity contribution in [3.05, 3.63) is 18.0 Å². The molecule has 0 bridgehead atoms. The molecule has 0 fully saturated rings. The summed E-state index contributed by atoms with van der Waals surface area (Å²) in [5, 5.41) is 16.8. The van der Waals surface area contributed by atoms with E-state index < -0.39 is 0 Å². The van der Waals surface area contributed by atoms with Gasteiger partial charge in [-0.3, -0.25) is 4.68 Å². The zero-order valence-electron chi connectivity index (χ0n) is 9.77. The monoisotopic (exact) mass is 211 g/mol. The lowest BCUT2D eigenvalue weighted by atomic mass is 10.1. The maximum atomic E-state index is 9.25. The molecule has 0 amide bonds. The number of aromatic nitrogens is 2. The molecule has 15 heavy (non-hydrogen) atoms. The van der Waals surface area contributed by atoms with Gasteiger partial charge in [-0.1, -0.05) is 6.92 Å². The number of rotatable bonds is 6. The summed E-state index contributed by atoms with van der Waals surface area (Å²) in [6.07, 6.45) is 4.88. The number of aliphatic hydroxyl groups is 1. The highest BCUT2D eigenvalue weighted by Crippen LogP contribution is 2.13. The molecule has 1 rings (SSSR count). The third kappa shape index (κ3) is 3.32. The first kappa shape index (κ1) is 12.2. The first-order valence-electron chi connectivity index (χ1n) is 5.57. The van der Waals surface area contributed by atoms with Crippen LogP contribution in [-0.2, 0) is 0 Å². The number of nitrogens with one attached hydrogen (secondary N) is 1. The second kappa shape index (κ2) is 5.88. The van der Waals surface area contributed by atoms with E-state index in [2.05, 4.69) is 31.2 Å². The van der Waals surface area contributed by atoms with Crippen LogP contribution in [0.3, 0.4) is 0 Å². The maximum absolute atomic E-state index is 9.25. The first-order chi connectivity index (χ1) is 7.19. The van der Waals surface area contributed by atoms with Crippen molar-refractivity contribution in [2.45, 2.75) is 39.3 Å². The van der Waals surface area contributed by atoms with Gasteiger partial charge in [-0.25, -0.2) is 0 Å². The van der Waals surface area contributed by atoms with E-state index in [0.717, 1.165) is 18.5 Å². The Morgan fingerprint density at radius 2 is 2.27 bits per heavy atom. The molecule has 0 saturated carbocycles. The molecule has 0 aliphatic rings. The largest absolute Gasteiger partial charge is 0.394 e. The molecule has 0 aliphatic carbocycles. The van der Waals surface area contributed by atoms with E-state index in [1.54, 1.807) is 0 Å². The van der Waals surface area contributed by atoms with Crippen molar-refractivity contribution in [1.29, 1.82) is 0 Å². The quantitative estimate of drug-likeness (QED) is 0.749. The Bertz CT molecular complexity index is 283. The summed E-state index contributed by atoms with van der Waals surface area (Å²) < 4.78 is 1.91. The van der Waals surface area contributed by atoms with Crippen LogP contribution in [-0.4, -0.2) is 28.0 Å². The molecule has 1 heterocycles. The summed E-state index contributed by atoms with van der Waals surface area (Å²) >= 11 is 0. The van der Waals surface area contributed by atoms with Crippen LogP contribution in [0.25, 0.3) is 0 Å². The summed E-state index contributed by atoms with van der Waals surface area (Å²) in [6.45, 7) is 7.31. The van der Waals surface area contributed by atoms with Crippen molar-refractivity contribution >= 4 is 0 Å². The van der Waals surface area contributed by atoms with Crippen molar-refractivity contribution < 1.29 is 5.11 Å². The SMILES string of the molecule is CCCNC(CO)c1cnn(C(C)C)c1. The van der Waals surface area contributed by atoms with Crippen molar-refractivity contribution in [2.75, 3.05) is 13.2 Å². The van der Waals surface area contributed by atoms with Crippen molar-refractivity contribution in [2.24, 2.45) is 0 Å². The molecular weight excluding hydrogens is 190 g/mol. The van der Waals surface area contributed by atoms with E-state index in [9.17, 15) is 5.11 Å². The summed E-state index contributed by atoms with van der Waals surface area (Å²) in [5.74, 6) is 0. The molecule has 86 valence electrons. The third-order valence-corrected chi connectivity index (χ3v) is 2.38. The topological polar surface area (TPSA) is 50.1 Å². The van der Waals surface area contributed by atoms with Crippen molar-refractivity contribution in [1.82, 2.24) is 15.1 Å². The summed E-state index contributed by atoms with van der Waals surface area (Å²) in [4.78, 5) is 0. The van der Waals surface area contributed by atoms with Crippen LogP contribution in [0.15, 0.2) is 12.4 Å². The minimum Gasteiger partial charge on any atom is -0.394 e. The normalized spacial score (nSPS) is 13.4. The van der Waals surface area contributed by atoms with Crippen LogP contribution in [0, 0.1) is 0 Å². The standard InChI is InChI=1S/C11H21N3O/c1-4-5-12-11(8-15)10-6-13-14(7-10)9(2)3/h6-7,9,11-12,15H,4-5,8H2,1-3H3. The molecule has 0 saturated heterocycles. The summed E-state index contributed by atoms with van der Waals surface area (Å²) in [5.41, 5.74) is 1.06. The van der Waals surface area contributed by atoms with Gasteiger partial charge in [0, 0.05) is 17.8 Å². The molecule has 4 heteroatoms. The van der Waals surface area contributed by atoms with Gasteiger partial charge < -0.3 is 10.4 Å². The molecule has 0 aromatic carbocycles. The Balaban J connectivity index is 2.65. The molecule has 1 aromatic rings. The Morgan fingerprint density at radius 3 is 2.73 bits per heavy atom. The fourth-order valence-corrected chi connectivity index (χ4v) is 1.42. The van der Waals surface area contributed by atoms with Crippen molar-refractivity contribution in [3.63, 3.8) is 0 Å². The highest BCUT2D eigenvalue weighted by molar-refractivity contribution is 5.10. The van der Waals surface area contributed by atoms with Crippen LogP contribution in [0.5, 0.6) is 0 Å². The molecular formula is C11H21N3O. The van der Waals surface area contributed by atoms with Gasteiger partial charge in [0.2, 0.25) is 0 Å². The van der Waals surface area contributed by atoms with E-state index in [0.29, 0.717) is 6.04 Å². The zero-order valence-corrected chi connectivity index (χ0v) is 9.77. The Kier molecular flexibility index (Phi) is 4.78. The van der Waals surface area contributed by atoms with Gasteiger partial charge in [-0.2, -0.15) is 5.10 Å². The highest BCUT2D eigenvalue weighted by atomic mass is 16.3. The van der Waals surface area contributed by atoms with Gasteiger partial charge in [0.15, 0.2) is 0 Å². The van der Waals surface area contributed by atoms with E-state index in [4.69, 9.17) is 0 Å². The third-order valence-electron chi connectivity index (χ3n) is 2.38. The lowest BCUT2D eigenvalue weighted by molar-refractivity contribution is 0.244. The molecule has 1 unspecified atom stereocenters. The van der Waals surface area contributed by atoms with Gasteiger partial charge in [0.1, 0.15) is 0 Å². The van der Waals surface area contributed by atoms with Crippen molar-refractivity contribution in [3.8, 4) is 0 Å². The minimum absolute atomic E-state index is 0.0115. The van der Waals surface area contributed by atoms with E-state index >= 15 is 0 Å². The zero-order chi connectivity index (χ0) is 11.3. The van der Waals surface area contributed by atoms with Crippen LogP contribution in [0.1, 0.15) is 44.8 Å². The van der Waals surface area contributed by atoms with E-state index in [-0.39, 0.29) is 12.6 Å². The lowest BCUT2D eigenvalue weighted by Gasteiger charge is -2.13. The lowest BCUT2D eigenvalue weighted by Crippen LogP contribution is -2.24. The van der Waals surface area contributed by atoms with Gasteiger partial charge in [-0.15, -0.1) is 0 Å². The van der Waals surface area contributed by atoms with Crippen LogP contribution in [0.2, 0.25) is 0 Å². The van der Waals surface area contributed by atoms with E-state index in [1.165, 1.54) is 0 Å². The molecule has 4 nitrogen and oxygen atoms in total. The average molecular weight is 211 g/mol. The molecule has 0 spiro atoms. The van der Waals surface area contributed by atoms with Crippen LogP contribution < -0.4 is 5.32 Å². The van der Waals surface area contributed by atoms with Crippen LogP contribution >= 0.6 is 0 Å². The minimum atomic E-state index is 0.0115. The average Bonchev–Trinajstić information content (AvgIpc) is 2.68. The molecule has 2 N–H and O–H groups in total. The second-order valence-corrected chi connectivity index (χ2v) is 4.04. The van der Waals surface area contributed by atoms with Gasteiger partial charge in [0.25, 0.3) is 0 Å². The molecule has 1 atom stereocenters. The Labute approximate surface area is 91.3 Å². The fraction of sp³-hybridized carbons (Fsp3) is 0.727. The summed E-state index contributed by atoms with van der Waals surface area (Å²) in [6, 6.07) is 0.377. The van der Waals surface area contributed by atoms with E-state index in [1.807, 2.05) is 17.1 Å². The number of hydrogen-bond acceptors (Lipinski definition) is 3. The van der Waals surface area contributed by atoms with Gasteiger partial charge in [-0.05, 0) is 26.8 Å². The van der Waals surface area contributed by atoms with Gasteiger partial charge in [0.05, 0.1) is 18.8 Å². The smallest absolute Gasteiger partial charge is 0.0627 e. The fourth-order valence-electron chi connectivity index (χ4n) is 1.42. The molecule has 0 aliphatic heterocycles. The maximum Gasteiger partial charge on any atom is 0.0627 e. The number of nitrogens with zero attached hydrogens (tertiary/aromatic N) is 2. The highest BCUT2D eigenvalue weighted by Gasteiger charge is 2.12. The van der Waals surface area contributed by atoms with Gasteiger partial charge >= 0.3 is 0 Å². The first-order valence-corrected chi connectivity index (χ1v) is 5.57. The predicted molar refractivity (Wildman–Crippen MR) is 60.7 cm³/mol. The predicted octanol–water partition coefficient (Wildman–Crippen LogP) is 1.50.